The summed E-state index contributed by atoms with van der Waals surface area (Å²) in [5.41, 5.74) is 7.87. The van der Waals surface area contributed by atoms with Gasteiger partial charge in [0, 0.05) is 18.0 Å². The summed E-state index contributed by atoms with van der Waals surface area (Å²) in [7, 11) is 0. The van der Waals surface area contributed by atoms with Crippen LogP contribution in [-0.4, -0.2) is 6.36 Å². The highest BCUT2D eigenvalue weighted by Gasteiger charge is 2.30. The van der Waals surface area contributed by atoms with Crippen molar-refractivity contribution < 1.29 is 22.3 Å². The molecule has 3 nitrogen and oxygen atoms in total. The third-order valence-electron chi connectivity index (χ3n) is 3.11. The molecule has 1 heterocycles. The molecule has 2 rings (SSSR count). The van der Waals surface area contributed by atoms with E-state index in [4.69, 9.17) is 10.2 Å². The van der Waals surface area contributed by atoms with Crippen LogP contribution in [0.5, 0.6) is 5.75 Å². The zero-order chi connectivity index (χ0) is 15.5. The van der Waals surface area contributed by atoms with Crippen molar-refractivity contribution in [1.82, 2.24) is 0 Å². The smallest absolute Gasteiger partial charge is 0.469 e. The van der Waals surface area contributed by atoms with Gasteiger partial charge in [-0.25, -0.2) is 0 Å². The highest BCUT2D eigenvalue weighted by atomic mass is 19.4. The Morgan fingerprint density at radius 3 is 2.43 bits per heavy atom. The van der Waals surface area contributed by atoms with Crippen LogP contribution < -0.4 is 10.5 Å². The Balaban J connectivity index is 2.03. The Kier molecular flexibility index (Phi) is 4.57. The summed E-state index contributed by atoms with van der Waals surface area (Å²) in [6.07, 6.45) is -1.83. The summed E-state index contributed by atoms with van der Waals surface area (Å²) in [4.78, 5) is 0. The number of ether oxygens (including phenoxy) is 1. The molecule has 0 aliphatic rings. The minimum atomic E-state index is -4.68. The molecule has 2 aromatic rings. The molecular formula is C15H16F3NO2. The van der Waals surface area contributed by atoms with Crippen molar-refractivity contribution in [2.75, 3.05) is 0 Å². The van der Waals surface area contributed by atoms with E-state index in [2.05, 4.69) is 4.74 Å². The molecule has 114 valence electrons. The van der Waals surface area contributed by atoms with Gasteiger partial charge < -0.3 is 14.9 Å². The average molecular weight is 299 g/mol. The lowest BCUT2D eigenvalue weighted by Crippen LogP contribution is -2.17. The first-order valence-electron chi connectivity index (χ1n) is 6.55. The molecule has 0 spiro atoms. The van der Waals surface area contributed by atoms with Crippen molar-refractivity contribution in [1.29, 1.82) is 0 Å². The zero-order valence-electron chi connectivity index (χ0n) is 11.5. The molecular weight excluding hydrogens is 283 g/mol. The van der Waals surface area contributed by atoms with E-state index in [1.165, 1.54) is 12.1 Å². The van der Waals surface area contributed by atoms with Gasteiger partial charge in [-0.15, -0.1) is 13.2 Å². The number of nitrogens with two attached hydrogens (primary N) is 1. The van der Waals surface area contributed by atoms with E-state index in [1.54, 1.807) is 18.4 Å². The van der Waals surface area contributed by atoms with Crippen LogP contribution in [0.3, 0.4) is 0 Å². The second-order valence-electron chi connectivity index (χ2n) is 4.66. The number of aryl methyl sites for hydroxylation is 1. The lowest BCUT2D eigenvalue weighted by atomic mass is 9.99. The maximum absolute atomic E-state index is 12.1. The summed E-state index contributed by atoms with van der Waals surface area (Å²) < 4.78 is 45.4. The van der Waals surface area contributed by atoms with Crippen LogP contribution in [0.1, 0.15) is 29.9 Å². The third kappa shape index (κ3) is 4.26. The van der Waals surface area contributed by atoms with Crippen molar-refractivity contribution in [2.24, 2.45) is 5.73 Å². The fourth-order valence-electron chi connectivity index (χ4n) is 2.16. The molecule has 1 aromatic carbocycles. The Labute approximate surface area is 120 Å². The molecule has 0 fully saturated rings. The second kappa shape index (κ2) is 6.22. The number of rotatable bonds is 5. The van der Waals surface area contributed by atoms with Crippen molar-refractivity contribution in [3.63, 3.8) is 0 Å². The van der Waals surface area contributed by atoms with Crippen LogP contribution in [0.4, 0.5) is 13.2 Å². The fraction of sp³-hybridized carbons (Fsp3) is 0.333. The number of furan rings is 1. The summed E-state index contributed by atoms with van der Waals surface area (Å²) in [6.45, 7) is 1.97. The van der Waals surface area contributed by atoms with Crippen molar-refractivity contribution >= 4 is 0 Å². The first-order chi connectivity index (χ1) is 9.89. The maximum atomic E-state index is 12.1. The van der Waals surface area contributed by atoms with Gasteiger partial charge in [0.1, 0.15) is 11.5 Å². The standard InChI is InChI=1S/C15H16F3NO2/c1-2-14-12(7-8-20-14)13(19)9-10-3-5-11(6-4-10)21-15(16,17)18/h3-8,13H,2,9,19H2,1H3. The van der Waals surface area contributed by atoms with Crippen LogP contribution in [-0.2, 0) is 12.8 Å². The van der Waals surface area contributed by atoms with E-state index in [1.807, 2.05) is 13.0 Å². The van der Waals surface area contributed by atoms with Gasteiger partial charge in [-0.1, -0.05) is 19.1 Å². The predicted molar refractivity (Wildman–Crippen MR) is 71.8 cm³/mol. The van der Waals surface area contributed by atoms with Gasteiger partial charge in [-0.2, -0.15) is 0 Å². The van der Waals surface area contributed by atoms with Crippen LogP contribution in [0.25, 0.3) is 0 Å². The molecule has 0 saturated carbocycles. The zero-order valence-corrected chi connectivity index (χ0v) is 11.5. The largest absolute Gasteiger partial charge is 0.573 e. The summed E-state index contributed by atoms with van der Waals surface area (Å²) in [5.74, 6) is 0.594. The van der Waals surface area contributed by atoms with Crippen LogP contribution in [0.15, 0.2) is 41.0 Å². The van der Waals surface area contributed by atoms with Crippen LogP contribution >= 0.6 is 0 Å². The lowest BCUT2D eigenvalue weighted by Gasteiger charge is -2.13. The highest BCUT2D eigenvalue weighted by Crippen LogP contribution is 2.25. The Bertz CT molecular complexity index is 575. The van der Waals surface area contributed by atoms with Gasteiger partial charge in [-0.05, 0) is 30.2 Å². The Morgan fingerprint density at radius 1 is 1.19 bits per heavy atom. The van der Waals surface area contributed by atoms with Gasteiger partial charge in [0.25, 0.3) is 0 Å². The number of hydrogen-bond donors (Lipinski definition) is 1. The molecule has 1 aromatic heterocycles. The number of alkyl halides is 3. The summed E-state index contributed by atoms with van der Waals surface area (Å²) in [5, 5.41) is 0. The molecule has 0 saturated heterocycles. The highest BCUT2D eigenvalue weighted by molar-refractivity contribution is 5.30. The molecule has 0 bridgehead atoms. The molecule has 6 heteroatoms. The quantitative estimate of drug-likeness (QED) is 0.908. The van der Waals surface area contributed by atoms with E-state index in [-0.39, 0.29) is 11.8 Å². The van der Waals surface area contributed by atoms with Gasteiger partial charge in [0.2, 0.25) is 0 Å². The van der Waals surface area contributed by atoms with E-state index >= 15 is 0 Å². The molecule has 0 aliphatic carbocycles. The molecule has 1 unspecified atom stereocenters. The van der Waals surface area contributed by atoms with E-state index in [9.17, 15) is 13.2 Å². The minimum absolute atomic E-state index is 0.239. The average Bonchev–Trinajstić information content (AvgIpc) is 2.87. The Hall–Kier alpha value is -1.95. The van der Waals surface area contributed by atoms with Crippen molar-refractivity contribution in [3.05, 3.63) is 53.5 Å². The van der Waals surface area contributed by atoms with E-state index < -0.39 is 6.36 Å². The SMILES string of the molecule is CCc1occc1C(N)Cc1ccc(OC(F)(F)F)cc1. The summed E-state index contributed by atoms with van der Waals surface area (Å²) >= 11 is 0. The first-order valence-corrected chi connectivity index (χ1v) is 6.55. The molecule has 0 aliphatic heterocycles. The van der Waals surface area contributed by atoms with Gasteiger partial charge in [0.05, 0.1) is 6.26 Å². The van der Waals surface area contributed by atoms with Crippen molar-refractivity contribution in [3.8, 4) is 5.75 Å². The minimum Gasteiger partial charge on any atom is -0.469 e. The van der Waals surface area contributed by atoms with E-state index in [0.29, 0.717) is 6.42 Å². The fourth-order valence-corrected chi connectivity index (χ4v) is 2.16. The van der Waals surface area contributed by atoms with E-state index in [0.717, 1.165) is 23.3 Å². The monoisotopic (exact) mass is 299 g/mol. The topological polar surface area (TPSA) is 48.4 Å². The Morgan fingerprint density at radius 2 is 1.86 bits per heavy atom. The molecule has 2 N–H and O–H groups in total. The van der Waals surface area contributed by atoms with Crippen LogP contribution in [0.2, 0.25) is 0 Å². The van der Waals surface area contributed by atoms with Gasteiger partial charge >= 0.3 is 6.36 Å². The van der Waals surface area contributed by atoms with Gasteiger partial charge in [-0.3, -0.25) is 0 Å². The lowest BCUT2D eigenvalue weighted by molar-refractivity contribution is -0.274. The normalized spacial score (nSPS) is 13.2. The molecule has 0 radical (unpaired) electrons. The molecule has 1 atom stereocenters. The maximum Gasteiger partial charge on any atom is 0.573 e. The number of hydrogen-bond acceptors (Lipinski definition) is 3. The number of benzene rings is 1. The third-order valence-corrected chi connectivity index (χ3v) is 3.11. The molecule has 0 amide bonds. The van der Waals surface area contributed by atoms with Crippen molar-refractivity contribution in [2.45, 2.75) is 32.2 Å². The second-order valence-corrected chi connectivity index (χ2v) is 4.66. The molecule has 21 heavy (non-hydrogen) atoms. The number of halogens is 3. The summed E-state index contributed by atoms with van der Waals surface area (Å²) in [6, 6.07) is 7.29. The van der Waals surface area contributed by atoms with Gasteiger partial charge in [0.15, 0.2) is 0 Å². The first kappa shape index (κ1) is 15.4. The van der Waals surface area contributed by atoms with Crippen LogP contribution in [0, 0.1) is 0 Å². The predicted octanol–water partition coefficient (Wildman–Crippen LogP) is 3.98.